The number of aromatic nitrogens is 1. The molecule has 1 aliphatic rings. The van der Waals surface area contributed by atoms with Gasteiger partial charge in [-0.3, -0.25) is 4.79 Å². The fourth-order valence-corrected chi connectivity index (χ4v) is 1.96. The van der Waals surface area contributed by atoms with Gasteiger partial charge in [-0.05, 0) is 25.5 Å². The minimum Gasteiger partial charge on any atom is -0.344 e. The zero-order valence-corrected chi connectivity index (χ0v) is 10.5. The topological polar surface area (TPSA) is 51.3 Å². The molecular weight excluding hydrogens is 226 g/mol. The molecule has 0 spiro atoms. The summed E-state index contributed by atoms with van der Waals surface area (Å²) in [5.41, 5.74) is 7.63. The van der Waals surface area contributed by atoms with Crippen LogP contribution in [0, 0.1) is 6.92 Å². The molecule has 1 aliphatic heterocycles. The van der Waals surface area contributed by atoms with E-state index < -0.39 is 0 Å². The number of carbonyl (C=O) groups excluding carboxylic acids is 1. The third-order valence-corrected chi connectivity index (χ3v) is 3.10. The fourth-order valence-electron chi connectivity index (χ4n) is 1.96. The highest BCUT2D eigenvalue weighted by atomic mass is 35.5. The molecule has 16 heavy (non-hydrogen) atoms. The summed E-state index contributed by atoms with van der Waals surface area (Å²) in [6.07, 6.45) is 0.912. The Morgan fingerprint density at radius 2 is 2.19 bits per heavy atom. The van der Waals surface area contributed by atoms with Crippen molar-refractivity contribution < 1.29 is 4.79 Å². The van der Waals surface area contributed by atoms with Gasteiger partial charge in [-0.25, -0.2) is 0 Å². The first kappa shape index (κ1) is 13.1. The molecular formula is C11H18ClN3O. The van der Waals surface area contributed by atoms with E-state index in [4.69, 9.17) is 5.73 Å². The van der Waals surface area contributed by atoms with E-state index in [-0.39, 0.29) is 24.4 Å². The van der Waals surface area contributed by atoms with Crippen LogP contribution in [0.15, 0.2) is 12.1 Å². The van der Waals surface area contributed by atoms with Gasteiger partial charge in [0.05, 0.1) is 0 Å². The molecule has 1 amide bonds. The Kier molecular flexibility index (Phi) is 3.99. The Morgan fingerprint density at radius 1 is 1.50 bits per heavy atom. The van der Waals surface area contributed by atoms with Crippen LogP contribution in [-0.4, -0.2) is 34.5 Å². The molecule has 2 heterocycles. The minimum absolute atomic E-state index is 0. The quantitative estimate of drug-likeness (QED) is 0.798. The van der Waals surface area contributed by atoms with Crippen LogP contribution >= 0.6 is 12.4 Å². The van der Waals surface area contributed by atoms with Crippen LogP contribution < -0.4 is 5.73 Å². The minimum atomic E-state index is 0. The lowest BCUT2D eigenvalue weighted by molar-refractivity contribution is 0.0781. The summed E-state index contributed by atoms with van der Waals surface area (Å²) in [6, 6.07) is 3.99. The van der Waals surface area contributed by atoms with Crippen LogP contribution in [0.2, 0.25) is 0 Å². The van der Waals surface area contributed by atoms with Gasteiger partial charge in [-0.15, -0.1) is 12.4 Å². The largest absolute Gasteiger partial charge is 0.344 e. The molecule has 5 heteroatoms. The first-order valence-electron chi connectivity index (χ1n) is 5.27. The van der Waals surface area contributed by atoms with Gasteiger partial charge in [0, 0.05) is 31.9 Å². The number of halogens is 1. The van der Waals surface area contributed by atoms with Crippen molar-refractivity contribution in [3.63, 3.8) is 0 Å². The molecule has 4 nitrogen and oxygen atoms in total. The predicted octanol–water partition coefficient (Wildman–Crippen LogP) is 0.929. The van der Waals surface area contributed by atoms with Gasteiger partial charge in [0.2, 0.25) is 0 Å². The molecule has 1 atom stereocenters. The highest BCUT2D eigenvalue weighted by molar-refractivity contribution is 5.93. The summed E-state index contributed by atoms with van der Waals surface area (Å²) in [5, 5.41) is 0. The van der Waals surface area contributed by atoms with Crippen LogP contribution in [-0.2, 0) is 7.05 Å². The van der Waals surface area contributed by atoms with E-state index in [0.29, 0.717) is 6.54 Å². The first-order chi connectivity index (χ1) is 7.09. The Hall–Kier alpha value is -1.00. The molecule has 0 aliphatic carbocycles. The molecule has 1 fully saturated rings. The number of nitrogens with zero attached hydrogens (tertiary/aromatic N) is 2. The van der Waals surface area contributed by atoms with Crippen molar-refractivity contribution in [2.45, 2.75) is 19.4 Å². The summed E-state index contributed by atoms with van der Waals surface area (Å²) < 4.78 is 1.92. The SMILES string of the molecule is Cc1ccc(C(=O)N2CCC(N)C2)n1C.Cl. The number of likely N-dealkylation sites (tertiary alicyclic amines) is 1. The Labute approximate surface area is 102 Å². The first-order valence-corrected chi connectivity index (χ1v) is 5.27. The molecule has 1 aromatic heterocycles. The third-order valence-electron chi connectivity index (χ3n) is 3.10. The van der Waals surface area contributed by atoms with E-state index in [0.717, 1.165) is 24.4 Å². The molecule has 1 aromatic rings. The maximum absolute atomic E-state index is 12.1. The van der Waals surface area contributed by atoms with E-state index in [9.17, 15) is 4.79 Å². The lowest BCUT2D eigenvalue weighted by Crippen LogP contribution is -2.32. The number of rotatable bonds is 1. The zero-order valence-electron chi connectivity index (χ0n) is 9.64. The average molecular weight is 244 g/mol. The van der Waals surface area contributed by atoms with E-state index in [1.54, 1.807) is 0 Å². The highest BCUT2D eigenvalue weighted by Crippen LogP contribution is 2.14. The van der Waals surface area contributed by atoms with Gasteiger partial charge in [0.1, 0.15) is 5.69 Å². The number of hydrogen-bond acceptors (Lipinski definition) is 2. The zero-order chi connectivity index (χ0) is 11.0. The fraction of sp³-hybridized carbons (Fsp3) is 0.545. The van der Waals surface area contributed by atoms with Crippen molar-refractivity contribution in [1.29, 1.82) is 0 Å². The molecule has 1 saturated heterocycles. The van der Waals surface area contributed by atoms with Crippen LogP contribution in [0.3, 0.4) is 0 Å². The van der Waals surface area contributed by atoms with E-state index in [2.05, 4.69) is 0 Å². The second kappa shape index (κ2) is 4.89. The maximum atomic E-state index is 12.1. The lowest BCUT2D eigenvalue weighted by atomic mass is 10.3. The lowest BCUT2D eigenvalue weighted by Gasteiger charge is -2.16. The van der Waals surface area contributed by atoms with Gasteiger partial charge >= 0.3 is 0 Å². The molecule has 1 unspecified atom stereocenters. The molecule has 0 aromatic carbocycles. The number of aryl methyl sites for hydroxylation is 1. The predicted molar refractivity (Wildman–Crippen MR) is 65.9 cm³/mol. The van der Waals surface area contributed by atoms with Gasteiger partial charge in [-0.2, -0.15) is 0 Å². The van der Waals surface area contributed by atoms with Crippen molar-refractivity contribution in [3.8, 4) is 0 Å². The van der Waals surface area contributed by atoms with Crippen LogP contribution in [0.4, 0.5) is 0 Å². The van der Waals surface area contributed by atoms with Gasteiger partial charge in [0.15, 0.2) is 0 Å². The summed E-state index contributed by atoms with van der Waals surface area (Å²) in [7, 11) is 1.92. The van der Waals surface area contributed by atoms with E-state index in [1.807, 2.05) is 35.6 Å². The summed E-state index contributed by atoms with van der Waals surface area (Å²) in [5.74, 6) is 0.0959. The number of carbonyl (C=O) groups is 1. The monoisotopic (exact) mass is 243 g/mol. The van der Waals surface area contributed by atoms with Crippen molar-refractivity contribution >= 4 is 18.3 Å². The van der Waals surface area contributed by atoms with E-state index >= 15 is 0 Å². The molecule has 90 valence electrons. The Balaban J connectivity index is 0.00000128. The molecule has 0 radical (unpaired) electrons. The third kappa shape index (κ3) is 2.23. The molecule has 2 N–H and O–H groups in total. The average Bonchev–Trinajstić information content (AvgIpc) is 2.75. The van der Waals surface area contributed by atoms with Crippen molar-refractivity contribution in [1.82, 2.24) is 9.47 Å². The van der Waals surface area contributed by atoms with Crippen molar-refractivity contribution in [2.75, 3.05) is 13.1 Å². The number of amides is 1. The van der Waals surface area contributed by atoms with Crippen LogP contribution in [0.1, 0.15) is 22.6 Å². The van der Waals surface area contributed by atoms with Gasteiger partial charge in [-0.1, -0.05) is 0 Å². The van der Waals surface area contributed by atoms with Gasteiger partial charge < -0.3 is 15.2 Å². The Morgan fingerprint density at radius 3 is 2.62 bits per heavy atom. The van der Waals surface area contributed by atoms with Crippen LogP contribution in [0.25, 0.3) is 0 Å². The maximum Gasteiger partial charge on any atom is 0.270 e. The van der Waals surface area contributed by atoms with Crippen molar-refractivity contribution in [3.05, 3.63) is 23.5 Å². The van der Waals surface area contributed by atoms with E-state index in [1.165, 1.54) is 0 Å². The molecule has 0 saturated carbocycles. The van der Waals surface area contributed by atoms with Gasteiger partial charge in [0.25, 0.3) is 5.91 Å². The normalized spacial score (nSPS) is 19.7. The summed E-state index contributed by atoms with van der Waals surface area (Å²) in [6.45, 7) is 3.46. The second-order valence-corrected chi connectivity index (χ2v) is 4.22. The number of hydrogen-bond donors (Lipinski definition) is 1. The number of nitrogens with two attached hydrogens (primary N) is 1. The second-order valence-electron chi connectivity index (χ2n) is 4.22. The Bertz CT molecular complexity index is 389. The summed E-state index contributed by atoms with van der Waals surface area (Å²) >= 11 is 0. The molecule has 0 bridgehead atoms. The highest BCUT2D eigenvalue weighted by Gasteiger charge is 2.25. The molecule has 2 rings (SSSR count). The standard InChI is InChI=1S/C11H17N3O.ClH/c1-8-3-4-10(13(8)2)11(15)14-6-5-9(12)7-14;/h3-4,9H,5-7,12H2,1-2H3;1H. The summed E-state index contributed by atoms with van der Waals surface area (Å²) in [4.78, 5) is 13.9. The smallest absolute Gasteiger partial charge is 0.270 e. The van der Waals surface area contributed by atoms with Crippen molar-refractivity contribution in [2.24, 2.45) is 12.8 Å². The van der Waals surface area contributed by atoms with Crippen LogP contribution in [0.5, 0.6) is 0 Å².